The van der Waals surface area contributed by atoms with Gasteiger partial charge in [0.1, 0.15) is 0 Å². The van der Waals surface area contributed by atoms with E-state index in [1.807, 2.05) is 56.3 Å². The van der Waals surface area contributed by atoms with Crippen LogP contribution in [0.4, 0.5) is 5.69 Å². The summed E-state index contributed by atoms with van der Waals surface area (Å²) in [5.41, 5.74) is 5.10. The number of thioether (sulfide) groups is 1. The van der Waals surface area contributed by atoms with E-state index in [0.717, 1.165) is 40.1 Å². The number of aromatic nitrogens is 3. The van der Waals surface area contributed by atoms with Crippen molar-refractivity contribution < 1.29 is 9.53 Å². The molecule has 3 aromatic rings. The number of nitrogens with zero attached hydrogens (tertiary/aromatic N) is 4. The van der Waals surface area contributed by atoms with Gasteiger partial charge in [-0.3, -0.25) is 9.69 Å². The number of amides is 1. The Morgan fingerprint density at radius 1 is 1.16 bits per heavy atom. The van der Waals surface area contributed by atoms with Gasteiger partial charge in [-0.05, 0) is 43.9 Å². The summed E-state index contributed by atoms with van der Waals surface area (Å²) in [6, 6.07) is 13.9. The van der Waals surface area contributed by atoms with Gasteiger partial charge in [-0.2, -0.15) is 4.98 Å². The minimum atomic E-state index is -0.651. The van der Waals surface area contributed by atoms with Crippen LogP contribution in [0.15, 0.2) is 47.6 Å². The van der Waals surface area contributed by atoms with E-state index in [1.54, 1.807) is 23.6 Å². The maximum Gasteiger partial charge on any atom is 0.247 e. The molecular formula is C25H28N4O2S. The summed E-state index contributed by atoms with van der Waals surface area (Å²) in [5.74, 6) is 1.80. The fraction of sp³-hybridized carbons (Fsp3) is 0.360. The second-order valence-corrected chi connectivity index (χ2v) is 9.58. The van der Waals surface area contributed by atoms with Gasteiger partial charge in [-0.25, -0.2) is 0 Å². The van der Waals surface area contributed by atoms with Gasteiger partial charge in [0, 0.05) is 23.8 Å². The van der Waals surface area contributed by atoms with Crippen LogP contribution in [-0.2, 0) is 4.79 Å². The molecule has 0 radical (unpaired) electrons. The molecule has 2 aromatic carbocycles. The molecular weight excluding hydrogens is 420 g/mol. The van der Waals surface area contributed by atoms with Crippen molar-refractivity contribution in [2.24, 2.45) is 5.92 Å². The lowest BCUT2D eigenvalue weighted by molar-refractivity contribution is -0.118. The summed E-state index contributed by atoms with van der Waals surface area (Å²) in [7, 11) is 0. The molecule has 6 nitrogen and oxygen atoms in total. The Morgan fingerprint density at radius 3 is 2.66 bits per heavy atom. The van der Waals surface area contributed by atoms with Crippen molar-refractivity contribution in [3.05, 3.63) is 59.2 Å². The van der Waals surface area contributed by atoms with Gasteiger partial charge in [-0.1, -0.05) is 61.5 Å². The quantitative estimate of drug-likeness (QED) is 0.464. The van der Waals surface area contributed by atoms with Gasteiger partial charge in [0.2, 0.25) is 23.2 Å². The molecule has 0 bridgehead atoms. The number of rotatable bonds is 5. The summed E-state index contributed by atoms with van der Waals surface area (Å²) >= 11 is 1.57. The zero-order valence-corrected chi connectivity index (χ0v) is 19.9. The Kier molecular flexibility index (Phi) is 6.46. The smallest absolute Gasteiger partial charge is 0.247 e. The van der Waals surface area contributed by atoms with E-state index in [-0.39, 0.29) is 5.91 Å². The number of hydrogen-bond donors (Lipinski definition) is 0. The Bertz CT molecular complexity index is 1150. The molecule has 1 atom stereocenters. The molecule has 2 heterocycles. The second kappa shape index (κ2) is 9.28. The summed E-state index contributed by atoms with van der Waals surface area (Å²) in [4.78, 5) is 19.3. The monoisotopic (exact) mass is 448 g/mol. The predicted octanol–water partition coefficient (Wildman–Crippen LogP) is 5.74. The molecule has 166 valence electrons. The highest BCUT2D eigenvalue weighted by Gasteiger charge is 2.35. The highest BCUT2D eigenvalue weighted by molar-refractivity contribution is 7.99. The largest absolute Gasteiger partial charge is 0.447 e. The number of anilines is 1. The highest BCUT2D eigenvalue weighted by Crippen LogP contribution is 2.44. The van der Waals surface area contributed by atoms with Crippen LogP contribution in [0.1, 0.15) is 50.1 Å². The SMILES string of the molecule is CC(=O)N1c2ccc(C)cc2-c2nnc(SCCC(C)C)nc2O[C@H]1c1ccccc1C. The fourth-order valence-corrected chi connectivity index (χ4v) is 4.75. The molecule has 7 heteroatoms. The first-order valence-corrected chi connectivity index (χ1v) is 11.8. The Hall–Kier alpha value is -2.93. The maximum absolute atomic E-state index is 12.9. The van der Waals surface area contributed by atoms with Crippen molar-refractivity contribution in [3.8, 4) is 17.1 Å². The van der Waals surface area contributed by atoms with Crippen LogP contribution in [0.5, 0.6) is 5.88 Å². The molecule has 0 aliphatic carbocycles. The van der Waals surface area contributed by atoms with Crippen LogP contribution < -0.4 is 9.64 Å². The molecule has 1 amide bonds. The lowest BCUT2D eigenvalue weighted by Crippen LogP contribution is -2.36. The minimum absolute atomic E-state index is 0.115. The van der Waals surface area contributed by atoms with Crippen molar-refractivity contribution in [2.45, 2.75) is 52.4 Å². The molecule has 0 saturated heterocycles. The molecule has 0 fully saturated rings. The summed E-state index contributed by atoms with van der Waals surface area (Å²) < 4.78 is 6.47. The first kappa shape index (κ1) is 22.3. The van der Waals surface area contributed by atoms with Crippen molar-refractivity contribution >= 4 is 23.4 Å². The van der Waals surface area contributed by atoms with Crippen LogP contribution in [0.25, 0.3) is 11.3 Å². The standard InChI is InChI=1S/C25H28N4O2S/c1-15(2)12-13-32-25-26-23-22(27-28-25)20-14-16(3)10-11-21(20)29(18(5)30)24(31-23)19-9-7-6-8-17(19)4/h6-11,14-15,24H,12-13H2,1-5H3/t24-/m0/s1. The lowest BCUT2D eigenvalue weighted by Gasteiger charge is -2.30. The van der Waals surface area contributed by atoms with E-state index in [2.05, 4.69) is 24.0 Å². The van der Waals surface area contributed by atoms with Gasteiger partial charge < -0.3 is 4.74 Å². The van der Waals surface area contributed by atoms with E-state index in [0.29, 0.717) is 22.6 Å². The van der Waals surface area contributed by atoms with Crippen molar-refractivity contribution in [2.75, 3.05) is 10.7 Å². The van der Waals surface area contributed by atoms with Crippen LogP contribution in [-0.4, -0.2) is 26.8 Å². The Labute approximate surface area is 193 Å². The summed E-state index contributed by atoms with van der Waals surface area (Å²) in [5, 5.41) is 9.45. The number of fused-ring (bicyclic) bond motifs is 3. The van der Waals surface area contributed by atoms with Crippen LogP contribution in [0.3, 0.4) is 0 Å². The maximum atomic E-state index is 12.9. The first-order chi connectivity index (χ1) is 15.3. The molecule has 32 heavy (non-hydrogen) atoms. The normalized spacial score (nSPS) is 15.1. The topological polar surface area (TPSA) is 68.2 Å². The van der Waals surface area contributed by atoms with E-state index in [4.69, 9.17) is 9.72 Å². The van der Waals surface area contributed by atoms with Crippen LogP contribution >= 0.6 is 11.8 Å². The Balaban J connectivity index is 1.86. The third-order valence-corrected chi connectivity index (χ3v) is 6.35. The van der Waals surface area contributed by atoms with E-state index in [1.165, 1.54) is 0 Å². The zero-order chi connectivity index (χ0) is 22.8. The number of carbonyl (C=O) groups is 1. The molecule has 1 aliphatic heterocycles. The van der Waals surface area contributed by atoms with Gasteiger partial charge in [0.05, 0.1) is 5.69 Å². The number of benzene rings is 2. The lowest BCUT2D eigenvalue weighted by atomic mass is 10.0. The van der Waals surface area contributed by atoms with Crippen LogP contribution in [0.2, 0.25) is 0 Å². The van der Waals surface area contributed by atoms with Crippen molar-refractivity contribution in [1.82, 2.24) is 15.2 Å². The second-order valence-electron chi connectivity index (χ2n) is 8.52. The number of carbonyl (C=O) groups excluding carboxylic acids is 1. The number of hydrogen-bond acceptors (Lipinski definition) is 6. The van der Waals surface area contributed by atoms with E-state index < -0.39 is 6.23 Å². The molecule has 4 rings (SSSR count). The molecule has 1 aliphatic rings. The van der Waals surface area contributed by atoms with Crippen LogP contribution in [0, 0.1) is 19.8 Å². The average Bonchev–Trinajstić information content (AvgIpc) is 2.88. The molecule has 0 N–H and O–H groups in total. The van der Waals surface area contributed by atoms with Crippen molar-refractivity contribution in [1.29, 1.82) is 0 Å². The predicted molar refractivity (Wildman–Crippen MR) is 128 cm³/mol. The van der Waals surface area contributed by atoms with Gasteiger partial charge in [0.15, 0.2) is 5.69 Å². The van der Waals surface area contributed by atoms with Gasteiger partial charge >= 0.3 is 0 Å². The average molecular weight is 449 g/mol. The number of ether oxygens (including phenoxy) is 1. The van der Waals surface area contributed by atoms with E-state index in [9.17, 15) is 4.79 Å². The molecule has 1 aromatic heterocycles. The summed E-state index contributed by atoms with van der Waals surface area (Å²) in [6.45, 7) is 9.98. The van der Waals surface area contributed by atoms with E-state index >= 15 is 0 Å². The first-order valence-electron chi connectivity index (χ1n) is 10.9. The van der Waals surface area contributed by atoms with Crippen molar-refractivity contribution in [3.63, 3.8) is 0 Å². The molecule has 0 unspecified atom stereocenters. The van der Waals surface area contributed by atoms with Gasteiger partial charge in [0.25, 0.3) is 0 Å². The summed E-state index contributed by atoms with van der Waals surface area (Å²) in [6.07, 6.45) is 0.416. The number of aryl methyl sites for hydroxylation is 2. The zero-order valence-electron chi connectivity index (χ0n) is 19.1. The third-order valence-electron chi connectivity index (χ3n) is 5.48. The fourth-order valence-electron chi connectivity index (χ4n) is 3.73. The molecule has 0 saturated carbocycles. The molecule has 0 spiro atoms. The van der Waals surface area contributed by atoms with Gasteiger partial charge in [-0.15, -0.1) is 10.2 Å². The third kappa shape index (κ3) is 4.48. The highest BCUT2D eigenvalue weighted by atomic mass is 32.2. The minimum Gasteiger partial charge on any atom is -0.447 e. The Morgan fingerprint density at radius 2 is 1.94 bits per heavy atom.